The Morgan fingerprint density at radius 2 is 2.13 bits per heavy atom. The van der Waals surface area contributed by atoms with Crippen molar-refractivity contribution in [3.05, 3.63) is 39.1 Å². The van der Waals surface area contributed by atoms with Crippen LogP contribution in [0.3, 0.4) is 0 Å². The van der Waals surface area contributed by atoms with Gasteiger partial charge >= 0.3 is 6.09 Å². The van der Waals surface area contributed by atoms with E-state index in [-0.39, 0.29) is 6.09 Å². The van der Waals surface area contributed by atoms with Gasteiger partial charge in [-0.15, -0.1) is 0 Å². The van der Waals surface area contributed by atoms with Crippen molar-refractivity contribution in [2.24, 2.45) is 5.92 Å². The van der Waals surface area contributed by atoms with Gasteiger partial charge in [-0.1, -0.05) is 12.1 Å². The molecule has 1 aromatic heterocycles. The molecule has 31 heavy (non-hydrogen) atoms. The number of carbonyl (C=O) groups is 1. The zero-order chi connectivity index (χ0) is 22.6. The number of nitrogens with two attached hydrogens (primary N) is 1. The van der Waals surface area contributed by atoms with Crippen LogP contribution in [0.2, 0.25) is 0 Å². The van der Waals surface area contributed by atoms with Crippen LogP contribution in [0.4, 0.5) is 22.2 Å². The van der Waals surface area contributed by atoms with Gasteiger partial charge in [-0.3, -0.25) is 0 Å². The molecule has 1 amide bonds. The first kappa shape index (κ1) is 23.4. The first-order chi connectivity index (χ1) is 14.6. The first-order valence-corrected chi connectivity index (χ1v) is 11.5. The molecule has 1 saturated heterocycles. The average molecular weight is 538 g/mol. The van der Waals surface area contributed by atoms with E-state index in [1.54, 1.807) is 11.1 Å². The lowest BCUT2D eigenvalue weighted by Crippen LogP contribution is -2.35. The second-order valence-electron chi connectivity index (χ2n) is 8.84. The Labute approximate surface area is 197 Å². The van der Waals surface area contributed by atoms with Crippen LogP contribution in [0.15, 0.2) is 24.4 Å². The first-order valence-electron chi connectivity index (χ1n) is 10.4. The summed E-state index contributed by atoms with van der Waals surface area (Å²) in [5.74, 6) is 1.45. The Morgan fingerprint density at radius 1 is 1.35 bits per heavy atom. The zero-order valence-corrected chi connectivity index (χ0v) is 20.7. The number of nitrogens with one attached hydrogen (secondary N) is 2. The number of hydrogen-bond donors (Lipinski definition) is 3. The molecular weight excluding hydrogens is 507 g/mol. The topological polar surface area (TPSA) is 105 Å². The highest BCUT2D eigenvalue weighted by Gasteiger charge is 2.29. The zero-order valence-electron chi connectivity index (χ0n) is 18.5. The Hall–Kier alpha value is -2.30. The minimum atomic E-state index is -0.481. The molecule has 1 aliphatic rings. The number of ether oxygens (including phenoxy) is 1. The van der Waals surface area contributed by atoms with E-state index in [0.717, 1.165) is 6.42 Å². The maximum atomic E-state index is 12.2. The third-order valence-electron chi connectivity index (χ3n) is 5.13. The summed E-state index contributed by atoms with van der Waals surface area (Å²) in [6.45, 7) is 10.4. The average Bonchev–Trinajstić information content (AvgIpc) is 3.17. The van der Waals surface area contributed by atoms with Crippen LogP contribution in [-0.2, 0) is 11.3 Å². The maximum Gasteiger partial charge on any atom is 0.410 e. The lowest BCUT2D eigenvalue weighted by atomic mass is 10.1. The van der Waals surface area contributed by atoms with Crippen molar-refractivity contribution < 1.29 is 9.53 Å². The van der Waals surface area contributed by atoms with E-state index in [1.165, 1.54) is 14.7 Å². The molecule has 0 unspecified atom stereocenters. The highest BCUT2D eigenvalue weighted by atomic mass is 127. The largest absolute Gasteiger partial charge is 0.444 e. The summed E-state index contributed by atoms with van der Waals surface area (Å²) < 4.78 is 6.69. The van der Waals surface area contributed by atoms with E-state index in [2.05, 4.69) is 62.2 Å². The quantitative estimate of drug-likeness (QED) is 0.473. The number of carbonyl (C=O) groups excluding carboxylic acids is 1. The molecule has 9 heteroatoms. The summed E-state index contributed by atoms with van der Waals surface area (Å²) in [7, 11) is 0. The van der Waals surface area contributed by atoms with Crippen LogP contribution in [0.5, 0.6) is 0 Å². The number of nitrogen functional groups attached to an aromatic ring is 1. The predicted molar refractivity (Wildman–Crippen MR) is 132 cm³/mol. The van der Waals surface area contributed by atoms with E-state index in [9.17, 15) is 4.79 Å². The number of rotatable bonds is 6. The smallest absolute Gasteiger partial charge is 0.410 e. The van der Waals surface area contributed by atoms with Crippen molar-refractivity contribution in [1.29, 1.82) is 0 Å². The fraction of sp³-hybridized carbons (Fsp3) is 0.500. The Bertz CT molecular complexity index is 931. The Morgan fingerprint density at radius 3 is 2.87 bits per heavy atom. The summed E-state index contributed by atoms with van der Waals surface area (Å²) in [6.07, 6.45) is 2.27. The fourth-order valence-corrected chi connectivity index (χ4v) is 3.92. The maximum absolute atomic E-state index is 12.2. The van der Waals surface area contributed by atoms with E-state index in [0.29, 0.717) is 49.6 Å². The molecule has 0 aliphatic carbocycles. The van der Waals surface area contributed by atoms with E-state index in [4.69, 9.17) is 10.5 Å². The molecule has 0 radical (unpaired) electrons. The third kappa shape index (κ3) is 6.59. The Kier molecular flexibility index (Phi) is 7.45. The van der Waals surface area contributed by atoms with Crippen molar-refractivity contribution in [3.63, 3.8) is 0 Å². The molecule has 1 fully saturated rings. The number of halogens is 1. The van der Waals surface area contributed by atoms with Crippen LogP contribution in [-0.4, -0.2) is 46.2 Å². The molecule has 0 bridgehead atoms. The van der Waals surface area contributed by atoms with Crippen LogP contribution in [0.1, 0.15) is 38.3 Å². The normalized spacial score (nSPS) is 16.3. The number of nitrogens with zero attached hydrogens (tertiary/aromatic N) is 3. The van der Waals surface area contributed by atoms with Gasteiger partial charge in [-0.25, -0.2) is 9.78 Å². The molecule has 168 valence electrons. The van der Waals surface area contributed by atoms with Crippen molar-refractivity contribution in [2.75, 3.05) is 36.0 Å². The van der Waals surface area contributed by atoms with Gasteiger partial charge in [0, 0.05) is 29.7 Å². The highest BCUT2D eigenvalue weighted by molar-refractivity contribution is 14.1. The van der Waals surface area contributed by atoms with Gasteiger partial charge in [0.05, 0.1) is 11.9 Å². The third-order valence-corrected chi connectivity index (χ3v) is 6.30. The molecule has 3 rings (SSSR count). The van der Waals surface area contributed by atoms with Gasteiger partial charge < -0.3 is 26.0 Å². The van der Waals surface area contributed by atoms with E-state index >= 15 is 0 Å². The number of aromatic nitrogens is 2. The van der Waals surface area contributed by atoms with Gasteiger partial charge in [0.2, 0.25) is 5.95 Å². The summed E-state index contributed by atoms with van der Waals surface area (Å²) in [6, 6.07) is 6.23. The molecule has 1 aromatic carbocycles. The van der Waals surface area contributed by atoms with Crippen LogP contribution < -0.4 is 16.4 Å². The summed E-state index contributed by atoms with van der Waals surface area (Å²) in [5, 5.41) is 6.60. The lowest BCUT2D eigenvalue weighted by Gasteiger charge is -2.24. The summed E-state index contributed by atoms with van der Waals surface area (Å²) >= 11 is 2.34. The van der Waals surface area contributed by atoms with Gasteiger partial charge in [0.15, 0.2) is 5.82 Å². The van der Waals surface area contributed by atoms with Crippen molar-refractivity contribution >= 4 is 46.1 Å². The number of benzene rings is 1. The van der Waals surface area contributed by atoms with Gasteiger partial charge in [-0.05, 0) is 79.8 Å². The number of anilines is 3. The molecule has 2 aromatic rings. The lowest BCUT2D eigenvalue weighted by molar-refractivity contribution is 0.0289. The standard InChI is InChI=1S/C22H31IN6O2/c1-14-16(6-5-7-17(14)23)11-25-19-18(24)12-27-20(28-19)26-10-15-8-9-29(13-15)21(30)31-22(2,3)4/h5-7,12,15H,8-11,13,24H2,1-4H3,(H2,25,26,27,28)/t15-/m0/s1. The molecule has 8 nitrogen and oxygen atoms in total. The summed E-state index contributed by atoms with van der Waals surface area (Å²) in [5.41, 5.74) is 8.54. The van der Waals surface area contributed by atoms with Crippen molar-refractivity contribution in [1.82, 2.24) is 14.9 Å². The van der Waals surface area contributed by atoms with E-state index < -0.39 is 5.60 Å². The van der Waals surface area contributed by atoms with Crippen LogP contribution >= 0.6 is 22.6 Å². The number of hydrogen-bond acceptors (Lipinski definition) is 7. The van der Waals surface area contributed by atoms with Gasteiger partial charge in [0.1, 0.15) is 5.60 Å². The number of likely N-dealkylation sites (tertiary alicyclic amines) is 1. The van der Waals surface area contributed by atoms with Gasteiger partial charge in [0.25, 0.3) is 0 Å². The van der Waals surface area contributed by atoms with Crippen LogP contribution in [0, 0.1) is 16.4 Å². The molecule has 2 heterocycles. The summed E-state index contributed by atoms with van der Waals surface area (Å²) in [4.78, 5) is 22.8. The molecule has 4 N–H and O–H groups in total. The minimum Gasteiger partial charge on any atom is -0.444 e. The highest BCUT2D eigenvalue weighted by Crippen LogP contribution is 2.22. The second-order valence-corrected chi connectivity index (χ2v) is 10.00. The molecule has 1 aliphatic heterocycles. The molecular formula is C22H31IN6O2. The molecule has 1 atom stereocenters. The van der Waals surface area contributed by atoms with Crippen molar-refractivity contribution in [2.45, 2.75) is 46.3 Å². The minimum absolute atomic E-state index is 0.254. The van der Waals surface area contributed by atoms with Gasteiger partial charge in [-0.2, -0.15) is 4.98 Å². The van der Waals surface area contributed by atoms with E-state index in [1.807, 2.05) is 26.8 Å². The molecule has 0 spiro atoms. The number of amides is 1. The SMILES string of the molecule is Cc1c(I)cccc1CNc1nc(NC[C@@H]2CCN(C(=O)OC(C)(C)C)C2)ncc1N. The predicted octanol–water partition coefficient (Wildman–Crippen LogP) is 4.25. The Balaban J connectivity index is 1.54. The second kappa shape index (κ2) is 9.88. The monoisotopic (exact) mass is 538 g/mol. The van der Waals surface area contributed by atoms with Crippen molar-refractivity contribution in [3.8, 4) is 0 Å². The van der Waals surface area contributed by atoms with Crippen LogP contribution in [0.25, 0.3) is 0 Å². The molecule has 0 saturated carbocycles. The fourth-order valence-electron chi connectivity index (χ4n) is 3.37.